The number of ether oxygens (including phenoxy) is 2. The Morgan fingerprint density at radius 3 is 1.07 bits per heavy atom. The summed E-state index contributed by atoms with van der Waals surface area (Å²) >= 11 is 0. The van der Waals surface area contributed by atoms with Gasteiger partial charge in [-0.25, -0.2) is 9.97 Å². The molecule has 12 aromatic carbocycles. The molecule has 0 aliphatic carbocycles. The third kappa shape index (κ3) is 17.1. The molecule has 0 atom stereocenters. The van der Waals surface area contributed by atoms with Crippen LogP contribution in [0.15, 0.2) is 333 Å². The standard InChI is InChI=1S/C58H57N4O.C54H49N4O.2Pt/c1-55(2,3)53-54(56(4,5)6)61(45-35-42(57(7,8)40-22-13-11-14-23-40)34-43(36-45)58(9,10)41-24-15-12-16-25-41)39-60(53)44-26-21-27-46(37-44)63-47-31-32-49-48-28-17-18-29-50(48)62(51(49)38-47)52-30-19-20-33-59-52;1-52(2,3)40-31-44(35-46(34-40)59-45-25-26-48-47-22-14-15-23-49(47)58(50(48)36-45)51-24-16-17-27-55-51)57-29-28-56(37-57)43-32-41(53(4,5)38-18-10-8-11-19-38)30-42(33-43)54(6,7)39-20-12-9-13-21-39;;/h11-36,39H,1-10H3;8-34,37H,1-7H3;;/q2*-3;;. The molecule has 16 aromatic rings. The van der Waals surface area contributed by atoms with E-state index in [9.17, 15) is 0 Å². The summed E-state index contributed by atoms with van der Waals surface area (Å²) < 4.78 is 17.7. The first kappa shape index (κ1) is 87.1. The Labute approximate surface area is 762 Å². The number of benzene rings is 12. The smallest absolute Gasteiger partial charge is 0.135 e. The van der Waals surface area contributed by atoms with Gasteiger partial charge < -0.3 is 38.2 Å². The van der Waals surface area contributed by atoms with Gasteiger partial charge in [-0.3, -0.25) is 0 Å². The van der Waals surface area contributed by atoms with Crippen LogP contribution in [0.1, 0.15) is 168 Å². The second-order valence-electron chi connectivity index (χ2n) is 37.5. The summed E-state index contributed by atoms with van der Waals surface area (Å²) in [5.41, 5.74) is 20.2. The normalized spacial score (nSPS) is 13.5. The van der Waals surface area contributed by atoms with Crippen molar-refractivity contribution in [2.45, 2.75) is 145 Å². The number of rotatable bonds is 18. The van der Waals surface area contributed by atoms with Crippen molar-refractivity contribution in [1.29, 1.82) is 0 Å². The molecule has 0 fully saturated rings. The van der Waals surface area contributed by atoms with E-state index in [0.29, 0.717) is 23.0 Å². The molecule has 0 saturated heterocycles. The van der Waals surface area contributed by atoms with Crippen LogP contribution in [0.3, 0.4) is 0 Å². The minimum atomic E-state index is -0.262. The minimum Gasteiger partial charge on any atom is -0.509 e. The molecule has 0 saturated carbocycles. The van der Waals surface area contributed by atoms with Crippen molar-refractivity contribution in [1.82, 2.24) is 19.1 Å². The number of allylic oxidation sites excluding steroid dienone is 2. The van der Waals surface area contributed by atoms with E-state index in [4.69, 9.17) is 19.4 Å². The summed E-state index contributed by atoms with van der Waals surface area (Å²) in [5, 5.41) is 4.47. The Hall–Kier alpha value is -11.8. The fourth-order valence-corrected chi connectivity index (χ4v) is 17.3. The number of para-hydroxylation sites is 2. The summed E-state index contributed by atoms with van der Waals surface area (Å²) in [6.07, 6.45) is 7.88. The van der Waals surface area contributed by atoms with Crippen LogP contribution < -0.4 is 29.1 Å². The predicted molar refractivity (Wildman–Crippen MR) is 505 cm³/mol. The molecule has 6 heterocycles. The first-order valence-corrected chi connectivity index (χ1v) is 42.4. The van der Waals surface area contributed by atoms with Gasteiger partial charge in [-0.05, 0) is 134 Å². The minimum absolute atomic E-state index is 0. The van der Waals surface area contributed by atoms with Gasteiger partial charge in [0.15, 0.2) is 0 Å². The topological polar surface area (TPSA) is 67.1 Å². The van der Waals surface area contributed by atoms with Gasteiger partial charge in [-0.15, -0.1) is 102 Å². The molecule has 2 aliphatic heterocycles. The van der Waals surface area contributed by atoms with E-state index < -0.39 is 0 Å². The maximum absolute atomic E-state index is 6.69. The Bertz CT molecular complexity index is 6450. The fraction of sp³-hybridized carbons (Fsp3) is 0.214. The largest absolute Gasteiger partial charge is 0.509 e. The molecule has 0 bridgehead atoms. The third-order valence-electron chi connectivity index (χ3n) is 24.6. The van der Waals surface area contributed by atoms with Crippen molar-refractivity contribution in [3.05, 3.63) is 421 Å². The number of fused-ring (bicyclic) bond motifs is 6. The zero-order chi connectivity index (χ0) is 85.3. The van der Waals surface area contributed by atoms with Crippen LogP contribution >= 0.6 is 0 Å². The molecule has 0 amide bonds. The van der Waals surface area contributed by atoms with Gasteiger partial charge >= 0.3 is 0 Å². The fourth-order valence-electron chi connectivity index (χ4n) is 17.3. The van der Waals surface area contributed by atoms with E-state index in [1.54, 1.807) is 0 Å². The molecule has 632 valence electrons. The maximum Gasteiger partial charge on any atom is 0.135 e. The number of hydrogen-bond acceptors (Lipinski definition) is 8. The van der Waals surface area contributed by atoms with E-state index in [-0.39, 0.29) is 80.0 Å². The summed E-state index contributed by atoms with van der Waals surface area (Å²) in [5.74, 6) is 4.13. The monoisotopic (exact) mass is 1980 g/mol. The van der Waals surface area contributed by atoms with Crippen molar-refractivity contribution < 1.29 is 51.6 Å². The number of aromatic nitrogens is 4. The van der Waals surface area contributed by atoms with Crippen LogP contribution in [-0.4, -0.2) is 19.1 Å². The van der Waals surface area contributed by atoms with Gasteiger partial charge in [0.05, 0.1) is 0 Å². The molecule has 0 N–H and O–H groups in total. The van der Waals surface area contributed by atoms with Gasteiger partial charge in [0.2, 0.25) is 0 Å². The first-order valence-electron chi connectivity index (χ1n) is 42.4. The third-order valence-corrected chi connectivity index (χ3v) is 24.6. The van der Waals surface area contributed by atoms with Gasteiger partial charge in [0.1, 0.15) is 11.6 Å². The van der Waals surface area contributed by atoms with Crippen LogP contribution in [0.4, 0.5) is 22.7 Å². The van der Waals surface area contributed by atoms with Crippen molar-refractivity contribution in [2.24, 2.45) is 10.8 Å². The Balaban J connectivity index is 0.000000189. The van der Waals surface area contributed by atoms with Crippen LogP contribution in [0.25, 0.3) is 55.2 Å². The van der Waals surface area contributed by atoms with Gasteiger partial charge in [-0.1, -0.05) is 311 Å². The molecule has 12 heteroatoms. The molecule has 10 nitrogen and oxygen atoms in total. The van der Waals surface area contributed by atoms with Crippen molar-refractivity contribution >= 4 is 66.4 Å². The molecule has 2 aliphatic rings. The van der Waals surface area contributed by atoms with Crippen molar-refractivity contribution in [2.75, 3.05) is 19.6 Å². The van der Waals surface area contributed by atoms with E-state index in [0.717, 1.165) is 83.6 Å². The van der Waals surface area contributed by atoms with E-state index in [1.165, 1.54) is 55.9 Å². The summed E-state index contributed by atoms with van der Waals surface area (Å²) in [6, 6.07) is 120. The Kier molecular flexibility index (Phi) is 24.1. The van der Waals surface area contributed by atoms with Gasteiger partial charge in [0.25, 0.3) is 0 Å². The van der Waals surface area contributed by atoms with Crippen LogP contribution in [0.5, 0.6) is 23.0 Å². The molecule has 0 spiro atoms. The molecular weight excluding hydrogens is 1880 g/mol. The average Bonchev–Trinajstić information content (AvgIpc) is 1.57. The number of anilines is 4. The zero-order valence-electron chi connectivity index (χ0n) is 73.8. The maximum atomic E-state index is 6.69. The Morgan fingerprint density at radius 1 is 0.274 bits per heavy atom. The average molecular weight is 1990 g/mol. The number of pyridine rings is 2. The zero-order valence-corrected chi connectivity index (χ0v) is 78.3. The first-order chi connectivity index (χ1) is 58.4. The summed E-state index contributed by atoms with van der Waals surface area (Å²) in [7, 11) is 0. The number of hydrogen-bond donors (Lipinski definition) is 0. The van der Waals surface area contributed by atoms with E-state index >= 15 is 0 Å². The summed E-state index contributed by atoms with van der Waals surface area (Å²) in [4.78, 5) is 18.5. The molecular formula is C112H106N8O2Pt2-6. The Morgan fingerprint density at radius 2 is 0.653 bits per heavy atom. The van der Waals surface area contributed by atoms with Gasteiger partial charge in [0, 0.05) is 144 Å². The van der Waals surface area contributed by atoms with Crippen LogP contribution in [-0.2, 0) is 69.2 Å². The summed E-state index contributed by atoms with van der Waals surface area (Å²) in [6.45, 7) is 43.6. The SMILES string of the molecule is CC(C)(C)C1=C(C(C)(C)C)N(c2cc(C(C)(C)c3ccccc3)cc(C(C)(C)c3ccccc3)c2)[CH-]N1c1[c-]c(Oc2[c-]c3c(cc2)c2ccccc2n3-c2ccccn2)ccc1.CC(C)(C)c1cc(Oc2[c-]c3c(cc2)c2ccccc2n3-c2ccccn2)[c-]c(N2C=CN(c3cc(C(C)(C)c4ccccc4)cc(C(C)(C)c4ccccc4)c3)[CH-]2)c1.[Pt].[Pt]. The second-order valence-corrected chi connectivity index (χ2v) is 37.5. The van der Waals surface area contributed by atoms with E-state index in [2.05, 4.69) is 439 Å². The second kappa shape index (κ2) is 34.4. The molecule has 18 rings (SSSR count). The molecule has 0 unspecified atom stereocenters. The molecule has 124 heavy (non-hydrogen) atoms. The molecule has 4 aromatic heterocycles. The van der Waals surface area contributed by atoms with Gasteiger partial charge in [-0.2, -0.15) is 18.2 Å². The number of nitrogens with zero attached hydrogens (tertiary/aromatic N) is 8. The van der Waals surface area contributed by atoms with Crippen molar-refractivity contribution in [3.63, 3.8) is 0 Å². The quantitative estimate of drug-likeness (QED) is 0.0788. The predicted octanol–water partition coefficient (Wildman–Crippen LogP) is 28.4. The van der Waals surface area contributed by atoms with Crippen LogP contribution in [0.2, 0.25) is 0 Å². The van der Waals surface area contributed by atoms with E-state index in [1.807, 2.05) is 67.0 Å². The van der Waals surface area contributed by atoms with Crippen LogP contribution in [0, 0.1) is 48.4 Å². The van der Waals surface area contributed by atoms with Crippen molar-refractivity contribution in [3.8, 4) is 34.6 Å². The molecule has 0 radical (unpaired) electrons.